The number of pyridine rings is 1. The maximum atomic E-state index is 13.1. The lowest BCUT2D eigenvalue weighted by Crippen LogP contribution is -2.41. The molecule has 14 heteroatoms. The number of carbonyl (C=O) groups is 3. The van der Waals surface area contributed by atoms with Crippen molar-refractivity contribution in [2.24, 2.45) is 21.1 Å². The van der Waals surface area contributed by atoms with E-state index in [2.05, 4.69) is 25.8 Å². The van der Waals surface area contributed by atoms with E-state index in [9.17, 15) is 19.2 Å². The number of morpholine rings is 1. The summed E-state index contributed by atoms with van der Waals surface area (Å²) in [7, 11) is 5.17. The summed E-state index contributed by atoms with van der Waals surface area (Å²) >= 11 is 5.95. The number of halogens is 1. The van der Waals surface area contributed by atoms with E-state index < -0.39 is 11.5 Å². The van der Waals surface area contributed by atoms with Gasteiger partial charge in [0.05, 0.1) is 24.6 Å². The first-order chi connectivity index (χ1) is 20.6. The third-order valence-electron chi connectivity index (χ3n) is 7.24. The number of rotatable bonds is 9. The van der Waals surface area contributed by atoms with Gasteiger partial charge in [-0.2, -0.15) is 0 Å². The molecule has 4 N–H and O–H groups in total. The van der Waals surface area contributed by atoms with Crippen molar-refractivity contribution in [1.82, 2.24) is 28.9 Å². The Bertz CT molecular complexity index is 1730. The van der Waals surface area contributed by atoms with Crippen molar-refractivity contribution < 1.29 is 19.1 Å². The minimum absolute atomic E-state index is 0.0527. The number of ether oxygens (including phenoxy) is 1. The smallest absolute Gasteiger partial charge is 0.272 e. The molecule has 4 aromatic heterocycles. The maximum Gasteiger partial charge on any atom is 0.272 e. The number of aromatic nitrogens is 4. The van der Waals surface area contributed by atoms with Crippen LogP contribution in [0.4, 0.5) is 11.4 Å². The number of carbonyl (C=O) groups excluding carboxylic acids is 3. The minimum atomic E-state index is -0.399. The van der Waals surface area contributed by atoms with Gasteiger partial charge in [0.1, 0.15) is 22.1 Å². The summed E-state index contributed by atoms with van der Waals surface area (Å²) in [6.07, 6.45) is 6.59. The van der Waals surface area contributed by atoms with Gasteiger partial charge in [-0.25, -0.2) is 0 Å². The van der Waals surface area contributed by atoms with Crippen LogP contribution in [0.5, 0.6) is 0 Å². The van der Waals surface area contributed by atoms with Crippen molar-refractivity contribution in [2.75, 3.05) is 50.0 Å². The van der Waals surface area contributed by atoms with Gasteiger partial charge in [0.25, 0.3) is 23.3 Å². The summed E-state index contributed by atoms with van der Waals surface area (Å²) in [5, 5.41) is 8.63. The second kappa shape index (κ2) is 12.7. The molecule has 0 atom stereocenters. The number of amides is 3. The van der Waals surface area contributed by atoms with E-state index in [1.165, 1.54) is 12.3 Å². The average Bonchev–Trinajstić information content (AvgIpc) is 3.66. The summed E-state index contributed by atoms with van der Waals surface area (Å²) in [5.74, 6) is -1.01. The normalized spacial score (nSPS) is 13.6. The lowest BCUT2D eigenvalue weighted by atomic mass is 10.1. The van der Waals surface area contributed by atoms with Crippen LogP contribution in [0.25, 0.3) is 11.1 Å². The predicted octanol–water partition coefficient (Wildman–Crippen LogP) is 2.28. The van der Waals surface area contributed by atoms with Gasteiger partial charge < -0.3 is 39.4 Å². The van der Waals surface area contributed by atoms with E-state index in [1.54, 1.807) is 71.6 Å². The molecule has 0 saturated carbocycles. The summed E-state index contributed by atoms with van der Waals surface area (Å²) in [5.41, 5.74) is 2.97. The molecule has 0 bridgehead atoms. The highest BCUT2D eigenvalue weighted by Crippen LogP contribution is 2.24. The van der Waals surface area contributed by atoms with E-state index in [4.69, 9.17) is 16.3 Å². The highest BCUT2D eigenvalue weighted by Gasteiger charge is 2.19. The fourth-order valence-corrected chi connectivity index (χ4v) is 5.09. The second-order valence-electron chi connectivity index (χ2n) is 10.4. The molecule has 5 rings (SSSR count). The molecule has 0 aromatic carbocycles. The Balaban J connectivity index is 1.20. The van der Waals surface area contributed by atoms with Crippen LogP contribution >= 0.6 is 11.6 Å². The third-order valence-corrected chi connectivity index (χ3v) is 7.52. The Morgan fingerprint density at radius 1 is 0.814 bits per heavy atom. The van der Waals surface area contributed by atoms with E-state index in [1.807, 2.05) is 0 Å². The number of H-pyrrole nitrogens is 1. The van der Waals surface area contributed by atoms with Gasteiger partial charge in [-0.1, -0.05) is 11.6 Å². The third kappa shape index (κ3) is 6.91. The molecular weight excluding hydrogens is 576 g/mol. The van der Waals surface area contributed by atoms with Crippen molar-refractivity contribution >= 4 is 40.7 Å². The van der Waals surface area contributed by atoms with Gasteiger partial charge in [0.2, 0.25) is 0 Å². The van der Waals surface area contributed by atoms with Gasteiger partial charge in [0, 0.05) is 83.2 Å². The first-order valence-electron chi connectivity index (χ1n) is 13.7. The molecule has 3 amide bonds. The topological polar surface area (TPSA) is 147 Å². The summed E-state index contributed by atoms with van der Waals surface area (Å²) in [4.78, 5) is 55.3. The minimum Gasteiger partial charge on any atom is -0.379 e. The van der Waals surface area contributed by atoms with Crippen LogP contribution in [0.1, 0.15) is 31.5 Å². The van der Waals surface area contributed by atoms with Crippen LogP contribution < -0.4 is 21.5 Å². The quantitative estimate of drug-likeness (QED) is 0.229. The van der Waals surface area contributed by atoms with Crippen LogP contribution in [0, 0.1) is 0 Å². The molecular formula is C29H33ClN8O5. The van der Waals surface area contributed by atoms with Gasteiger partial charge in [0.15, 0.2) is 0 Å². The van der Waals surface area contributed by atoms with E-state index in [-0.39, 0.29) is 16.8 Å². The molecule has 4 aromatic rings. The fraction of sp³-hybridized carbons (Fsp3) is 0.310. The maximum absolute atomic E-state index is 13.1. The van der Waals surface area contributed by atoms with Gasteiger partial charge in [-0.05, 0) is 24.3 Å². The molecule has 1 aliphatic rings. The molecule has 1 saturated heterocycles. The Morgan fingerprint density at radius 2 is 1.37 bits per heavy atom. The highest BCUT2D eigenvalue weighted by molar-refractivity contribution is 6.30. The number of hydrogen-bond acceptors (Lipinski definition) is 6. The molecule has 13 nitrogen and oxygen atoms in total. The van der Waals surface area contributed by atoms with Crippen molar-refractivity contribution in [2.45, 2.75) is 0 Å². The van der Waals surface area contributed by atoms with Crippen LogP contribution in [0.3, 0.4) is 0 Å². The number of anilines is 2. The summed E-state index contributed by atoms with van der Waals surface area (Å²) < 4.78 is 10.3. The lowest BCUT2D eigenvalue weighted by Gasteiger charge is -2.26. The predicted molar refractivity (Wildman–Crippen MR) is 163 cm³/mol. The first kappa shape index (κ1) is 29.9. The highest BCUT2D eigenvalue weighted by atomic mass is 35.5. The molecule has 1 fully saturated rings. The van der Waals surface area contributed by atoms with Crippen LogP contribution in [-0.2, 0) is 25.9 Å². The van der Waals surface area contributed by atoms with Crippen molar-refractivity contribution in [3.63, 3.8) is 0 Å². The van der Waals surface area contributed by atoms with Crippen molar-refractivity contribution in [3.8, 4) is 11.1 Å². The van der Waals surface area contributed by atoms with Crippen LogP contribution in [0.2, 0.25) is 5.02 Å². The monoisotopic (exact) mass is 608 g/mol. The number of aryl methyl sites for hydroxylation is 3. The molecule has 5 heterocycles. The zero-order valence-electron chi connectivity index (χ0n) is 24.1. The first-order valence-corrected chi connectivity index (χ1v) is 14.1. The zero-order chi connectivity index (χ0) is 30.7. The molecule has 0 spiro atoms. The van der Waals surface area contributed by atoms with E-state index in [0.29, 0.717) is 59.3 Å². The van der Waals surface area contributed by atoms with E-state index in [0.717, 1.165) is 19.6 Å². The van der Waals surface area contributed by atoms with E-state index >= 15 is 0 Å². The molecule has 43 heavy (non-hydrogen) atoms. The molecule has 1 aliphatic heterocycles. The molecule has 0 aliphatic carbocycles. The Hall–Kier alpha value is -4.59. The van der Waals surface area contributed by atoms with Crippen LogP contribution in [0.15, 0.2) is 53.8 Å². The standard InChI is InChI=1S/C29H33ClN8O5/c1-35-15-19(18-10-22(30)26(39)32-14-18)11-23(35)28(41)33-21-13-25(37(3)17-21)29(42)34-20-12-24(36(2)16-20)27(40)31-4-5-38-6-8-43-9-7-38/h10-17H,4-9H2,1-3H3,(H,31,40)(H,32,39)(H,33,41)(H,34,42). The SMILES string of the molecule is Cn1cc(NC(=O)c2cc(NC(=O)c3cc(-c4c[nH]c(=O)c(Cl)c4)cn3C)cn2C)cc1C(=O)NCCN1CCOCC1. The van der Waals surface area contributed by atoms with Gasteiger partial charge >= 0.3 is 0 Å². The summed E-state index contributed by atoms with van der Waals surface area (Å²) in [6, 6.07) is 6.41. The Labute approximate surface area is 252 Å². The number of nitrogens with zero attached hydrogens (tertiary/aromatic N) is 4. The van der Waals surface area contributed by atoms with Crippen LogP contribution in [-0.4, -0.2) is 80.7 Å². The number of nitrogens with one attached hydrogen (secondary N) is 4. The average molecular weight is 609 g/mol. The Morgan fingerprint density at radius 3 is 1.98 bits per heavy atom. The molecule has 226 valence electrons. The Kier molecular flexibility index (Phi) is 8.85. The number of hydrogen-bond donors (Lipinski definition) is 4. The van der Waals surface area contributed by atoms with Crippen molar-refractivity contribution in [3.05, 3.63) is 81.5 Å². The van der Waals surface area contributed by atoms with Gasteiger partial charge in [-0.3, -0.25) is 24.1 Å². The molecule has 0 unspecified atom stereocenters. The van der Waals surface area contributed by atoms with Crippen molar-refractivity contribution in [1.29, 1.82) is 0 Å². The zero-order valence-corrected chi connectivity index (χ0v) is 24.8. The molecule has 0 radical (unpaired) electrons. The summed E-state index contributed by atoms with van der Waals surface area (Å²) in [6.45, 7) is 4.35. The second-order valence-corrected chi connectivity index (χ2v) is 10.8. The largest absolute Gasteiger partial charge is 0.379 e. The van der Waals surface area contributed by atoms with Gasteiger partial charge in [-0.15, -0.1) is 0 Å². The fourth-order valence-electron chi connectivity index (χ4n) is 4.92. The number of aromatic amines is 1. The lowest BCUT2D eigenvalue weighted by molar-refractivity contribution is 0.0383.